The molecule has 2 nitrogen and oxygen atoms in total. The molecule has 2 unspecified atom stereocenters. The van der Waals surface area contributed by atoms with Gasteiger partial charge in [-0.25, -0.2) is 0 Å². The van der Waals surface area contributed by atoms with Crippen LogP contribution in [0.5, 0.6) is 5.75 Å². The maximum Gasteiger partial charge on any atom is 0.133 e. The summed E-state index contributed by atoms with van der Waals surface area (Å²) in [7, 11) is 1.73. The first kappa shape index (κ1) is 13.2. The van der Waals surface area contributed by atoms with Crippen molar-refractivity contribution in [3.8, 4) is 5.75 Å². The number of benzene rings is 1. The number of hydrogen-bond acceptors (Lipinski definition) is 2. The van der Waals surface area contributed by atoms with E-state index in [2.05, 4.69) is 33.4 Å². The van der Waals surface area contributed by atoms with Gasteiger partial charge in [0.05, 0.1) is 11.6 Å². The number of halogens is 2. The van der Waals surface area contributed by atoms with Crippen molar-refractivity contribution in [1.29, 1.82) is 0 Å². The lowest BCUT2D eigenvalue weighted by molar-refractivity contribution is 0.406. The lowest BCUT2D eigenvalue weighted by Gasteiger charge is -2.28. The molecule has 0 radical (unpaired) electrons. The molecule has 0 aromatic heterocycles. The Kier molecular flexibility index (Phi) is 4.01. The average Bonchev–Trinajstić information content (AvgIpc) is 2.77. The van der Waals surface area contributed by atoms with E-state index in [4.69, 9.17) is 4.74 Å². The molecule has 1 heterocycles. The molecule has 1 aliphatic heterocycles. The van der Waals surface area contributed by atoms with Crippen molar-refractivity contribution in [2.45, 2.75) is 18.8 Å². The summed E-state index contributed by atoms with van der Waals surface area (Å²) in [6, 6.07) is 4.34. The molecule has 0 saturated carbocycles. The van der Waals surface area contributed by atoms with Crippen LogP contribution < -0.4 is 10.1 Å². The fourth-order valence-corrected chi connectivity index (χ4v) is 3.83. The minimum absolute atomic E-state index is 0. The van der Waals surface area contributed by atoms with E-state index in [9.17, 15) is 0 Å². The van der Waals surface area contributed by atoms with Crippen LogP contribution >= 0.6 is 28.3 Å². The van der Waals surface area contributed by atoms with Crippen molar-refractivity contribution in [2.75, 3.05) is 20.2 Å². The first-order chi connectivity index (χ1) is 7.81. The number of methoxy groups -OCH3 is 1. The van der Waals surface area contributed by atoms with Crippen molar-refractivity contribution in [2.24, 2.45) is 5.92 Å². The van der Waals surface area contributed by atoms with Crippen LogP contribution in [0.2, 0.25) is 0 Å². The Morgan fingerprint density at radius 2 is 2.18 bits per heavy atom. The van der Waals surface area contributed by atoms with Crippen LogP contribution in [-0.4, -0.2) is 20.2 Å². The summed E-state index contributed by atoms with van der Waals surface area (Å²) in [6.45, 7) is 2.32. The van der Waals surface area contributed by atoms with Gasteiger partial charge in [0.1, 0.15) is 5.75 Å². The molecule has 2 aliphatic rings. The second-order valence-electron chi connectivity index (χ2n) is 4.71. The molecule has 1 fully saturated rings. The predicted octanol–water partition coefficient (Wildman–Crippen LogP) is 3.13. The van der Waals surface area contributed by atoms with E-state index in [1.54, 1.807) is 7.11 Å². The molecule has 1 aromatic rings. The molecule has 3 rings (SSSR count). The molecule has 0 spiro atoms. The molecule has 1 N–H and O–H groups in total. The molecule has 2 atom stereocenters. The standard InChI is InChI=1S/C13H16BrNO.ClH/c1-16-12-5-4-9-10(13(12)14)3-2-8-6-15-7-11(8)9;/h4-5,8,11,15H,2-3,6-7H2,1H3;1H. The summed E-state index contributed by atoms with van der Waals surface area (Å²) in [5, 5.41) is 3.51. The van der Waals surface area contributed by atoms with Crippen LogP contribution in [-0.2, 0) is 6.42 Å². The third-order valence-corrected chi connectivity index (χ3v) is 4.84. The van der Waals surface area contributed by atoms with Crippen LogP contribution in [0.3, 0.4) is 0 Å². The minimum Gasteiger partial charge on any atom is -0.496 e. The molecular weight excluding hydrogens is 302 g/mol. The zero-order chi connectivity index (χ0) is 11.1. The van der Waals surface area contributed by atoms with Gasteiger partial charge in [-0.15, -0.1) is 12.4 Å². The largest absolute Gasteiger partial charge is 0.496 e. The maximum atomic E-state index is 5.36. The molecule has 4 heteroatoms. The van der Waals surface area contributed by atoms with Gasteiger partial charge in [-0.2, -0.15) is 0 Å². The quantitative estimate of drug-likeness (QED) is 0.859. The van der Waals surface area contributed by atoms with Crippen molar-refractivity contribution in [1.82, 2.24) is 5.32 Å². The highest BCUT2D eigenvalue weighted by Crippen LogP contribution is 2.43. The second kappa shape index (κ2) is 5.17. The van der Waals surface area contributed by atoms with Gasteiger partial charge in [0.15, 0.2) is 0 Å². The van der Waals surface area contributed by atoms with E-state index in [-0.39, 0.29) is 12.4 Å². The normalized spacial score (nSPS) is 25.8. The van der Waals surface area contributed by atoms with Crippen LogP contribution in [0.15, 0.2) is 16.6 Å². The first-order valence-corrected chi connectivity index (χ1v) is 6.66. The SMILES string of the molecule is COc1ccc2c(c1Br)CCC1CNCC21.Cl. The number of fused-ring (bicyclic) bond motifs is 3. The summed E-state index contributed by atoms with van der Waals surface area (Å²) in [4.78, 5) is 0. The lowest BCUT2D eigenvalue weighted by Crippen LogP contribution is -2.19. The third-order valence-electron chi connectivity index (χ3n) is 3.97. The fourth-order valence-electron chi connectivity index (χ4n) is 3.10. The molecule has 1 aliphatic carbocycles. The van der Waals surface area contributed by atoms with Gasteiger partial charge in [0.2, 0.25) is 0 Å². The summed E-state index contributed by atoms with van der Waals surface area (Å²) in [6.07, 6.45) is 2.48. The minimum atomic E-state index is 0. The highest BCUT2D eigenvalue weighted by molar-refractivity contribution is 9.10. The summed E-state index contributed by atoms with van der Waals surface area (Å²) in [5.41, 5.74) is 2.98. The molecule has 0 bridgehead atoms. The Morgan fingerprint density at radius 1 is 1.35 bits per heavy atom. The van der Waals surface area contributed by atoms with Crippen LogP contribution in [0.25, 0.3) is 0 Å². The summed E-state index contributed by atoms with van der Waals surface area (Å²) in [5.74, 6) is 2.52. The fraction of sp³-hybridized carbons (Fsp3) is 0.538. The monoisotopic (exact) mass is 317 g/mol. The number of hydrogen-bond donors (Lipinski definition) is 1. The van der Waals surface area contributed by atoms with Gasteiger partial charge in [0.25, 0.3) is 0 Å². The lowest BCUT2D eigenvalue weighted by atomic mass is 9.77. The Bertz CT molecular complexity index is 424. The third kappa shape index (κ3) is 2.09. The van der Waals surface area contributed by atoms with Gasteiger partial charge in [-0.1, -0.05) is 6.07 Å². The van der Waals surface area contributed by atoms with E-state index in [0.717, 1.165) is 22.7 Å². The first-order valence-electron chi connectivity index (χ1n) is 5.87. The topological polar surface area (TPSA) is 21.3 Å². The van der Waals surface area contributed by atoms with Gasteiger partial charge in [-0.05, 0) is 58.4 Å². The molecule has 17 heavy (non-hydrogen) atoms. The van der Waals surface area contributed by atoms with Crippen molar-refractivity contribution >= 4 is 28.3 Å². The predicted molar refractivity (Wildman–Crippen MR) is 75.4 cm³/mol. The highest BCUT2D eigenvalue weighted by Gasteiger charge is 2.34. The number of nitrogens with one attached hydrogen (secondary N) is 1. The van der Waals surface area contributed by atoms with Crippen LogP contribution in [0.4, 0.5) is 0 Å². The van der Waals surface area contributed by atoms with E-state index in [1.807, 2.05) is 0 Å². The maximum absolute atomic E-state index is 5.36. The highest BCUT2D eigenvalue weighted by atomic mass is 79.9. The van der Waals surface area contributed by atoms with Gasteiger partial charge in [-0.3, -0.25) is 0 Å². The van der Waals surface area contributed by atoms with Gasteiger partial charge < -0.3 is 10.1 Å². The Hall–Kier alpha value is -0.250. The Morgan fingerprint density at radius 3 is 2.94 bits per heavy atom. The molecule has 1 aromatic carbocycles. The molecule has 1 saturated heterocycles. The van der Waals surface area contributed by atoms with Gasteiger partial charge in [0, 0.05) is 12.5 Å². The smallest absolute Gasteiger partial charge is 0.133 e. The van der Waals surface area contributed by atoms with Crippen LogP contribution in [0.1, 0.15) is 23.5 Å². The molecule has 94 valence electrons. The van der Waals surface area contributed by atoms with Crippen molar-refractivity contribution in [3.05, 3.63) is 27.7 Å². The van der Waals surface area contributed by atoms with Crippen molar-refractivity contribution in [3.63, 3.8) is 0 Å². The van der Waals surface area contributed by atoms with Crippen LogP contribution in [0, 0.1) is 5.92 Å². The van der Waals surface area contributed by atoms with E-state index < -0.39 is 0 Å². The Labute approximate surface area is 117 Å². The number of ether oxygens (including phenoxy) is 1. The number of rotatable bonds is 1. The second-order valence-corrected chi connectivity index (χ2v) is 5.51. The average molecular weight is 319 g/mol. The van der Waals surface area contributed by atoms with E-state index in [1.165, 1.54) is 30.5 Å². The van der Waals surface area contributed by atoms with E-state index >= 15 is 0 Å². The zero-order valence-electron chi connectivity index (χ0n) is 9.83. The molecular formula is C13H17BrClNO. The van der Waals surface area contributed by atoms with E-state index in [0.29, 0.717) is 5.92 Å². The molecule has 0 amide bonds. The Balaban J connectivity index is 0.00000108. The summed E-state index contributed by atoms with van der Waals surface area (Å²) < 4.78 is 6.52. The summed E-state index contributed by atoms with van der Waals surface area (Å²) >= 11 is 3.68. The zero-order valence-corrected chi connectivity index (χ0v) is 12.2. The van der Waals surface area contributed by atoms with Crippen molar-refractivity contribution < 1.29 is 4.74 Å². The van der Waals surface area contributed by atoms with Gasteiger partial charge >= 0.3 is 0 Å².